The summed E-state index contributed by atoms with van der Waals surface area (Å²) in [7, 11) is 0. The maximum atomic E-state index is 12.6. The van der Waals surface area contributed by atoms with Gasteiger partial charge >= 0.3 is 17.9 Å². The number of carboxylic acid groups (broad SMARTS) is 1. The number of benzene rings is 2. The molecule has 9 nitrogen and oxygen atoms in total. The average molecular weight is 445 g/mol. The molecule has 2 aromatic rings. The van der Waals surface area contributed by atoms with Crippen molar-refractivity contribution >= 4 is 40.7 Å². The highest BCUT2D eigenvalue weighted by atomic mass is 32.2. The van der Waals surface area contributed by atoms with Crippen LogP contribution in [0.25, 0.3) is 0 Å². The van der Waals surface area contributed by atoms with Crippen LogP contribution in [0.1, 0.15) is 34.6 Å². The third-order valence-electron chi connectivity index (χ3n) is 3.75. The van der Waals surface area contributed by atoms with E-state index in [1.165, 1.54) is 62.4 Å². The first-order chi connectivity index (χ1) is 14.7. The molecular formula is C21H19NO8S. The third-order valence-corrected chi connectivity index (χ3v) is 4.66. The number of aromatic carboxylic acids is 1. The van der Waals surface area contributed by atoms with Gasteiger partial charge in [0.05, 0.1) is 0 Å². The van der Waals surface area contributed by atoms with E-state index in [2.05, 4.69) is 5.32 Å². The highest BCUT2D eigenvalue weighted by Crippen LogP contribution is 2.24. The van der Waals surface area contributed by atoms with E-state index >= 15 is 0 Å². The van der Waals surface area contributed by atoms with Crippen LogP contribution in [0, 0.1) is 0 Å². The van der Waals surface area contributed by atoms with Crippen molar-refractivity contribution in [3.63, 3.8) is 0 Å². The lowest BCUT2D eigenvalue weighted by atomic mass is 10.2. The number of carbonyl (C=O) groups is 5. The smallest absolute Gasteiger partial charge is 0.347 e. The van der Waals surface area contributed by atoms with Crippen molar-refractivity contribution in [3.05, 3.63) is 59.7 Å². The second kappa shape index (κ2) is 10.9. The second-order valence-electron chi connectivity index (χ2n) is 6.16. The van der Waals surface area contributed by atoms with Crippen LogP contribution in [-0.4, -0.2) is 45.8 Å². The molecule has 1 atom stereocenters. The predicted molar refractivity (Wildman–Crippen MR) is 111 cm³/mol. The van der Waals surface area contributed by atoms with Crippen LogP contribution >= 0.6 is 11.8 Å². The molecule has 0 aromatic heterocycles. The normalized spacial score (nSPS) is 11.2. The van der Waals surface area contributed by atoms with Gasteiger partial charge in [-0.2, -0.15) is 0 Å². The van der Waals surface area contributed by atoms with Gasteiger partial charge in [0.1, 0.15) is 28.7 Å². The van der Waals surface area contributed by atoms with Gasteiger partial charge < -0.3 is 19.9 Å². The van der Waals surface area contributed by atoms with E-state index in [1.54, 1.807) is 0 Å². The van der Waals surface area contributed by atoms with Crippen LogP contribution in [0.15, 0.2) is 48.5 Å². The summed E-state index contributed by atoms with van der Waals surface area (Å²) < 4.78 is 10.5. The molecule has 0 bridgehead atoms. The first-order valence-corrected chi connectivity index (χ1v) is 9.93. The van der Waals surface area contributed by atoms with E-state index in [0.29, 0.717) is 0 Å². The summed E-state index contributed by atoms with van der Waals surface area (Å²) in [4.78, 5) is 59.1. The van der Waals surface area contributed by atoms with E-state index in [0.717, 1.165) is 11.8 Å². The quantitative estimate of drug-likeness (QED) is 0.463. The Morgan fingerprint density at radius 1 is 0.903 bits per heavy atom. The molecule has 0 heterocycles. The van der Waals surface area contributed by atoms with Crippen molar-refractivity contribution in [3.8, 4) is 11.5 Å². The van der Waals surface area contributed by atoms with Gasteiger partial charge in [0.2, 0.25) is 5.91 Å². The molecule has 162 valence electrons. The van der Waals surface area contributed by atoms with E-state index in [1.807, 2.05) is 0 Å². The molecule has 0 aliphatic carbocycles. The second-order valence-corrected chi connectivity index (χ2v) is 7.36. The number of carbonyl (C=O) groups excluding carboxylic acids is 4. The lowest BCUT2D eigenvalue weighted by Crippen LogP contribution is -2.44. The number of hydrogen-bond donors (Lipinski definition) is 2. The zero-order valence-electron chi connectivity index (χ0n) is 16.6. The van der Waals surface area contributed by atoms with E-state index < -0.39 is 29.9 Å². The number of ether oxygens (including phenoxy) is 2. The Bertz CT molecular complexity index is 1020. The van der Waals surface area contributed by atoms with Gasteiger partial charge in [-0.3, -0.25) is 9.59 Å². The Morgan fingerprint density at radius 2 is 1.45 bits per heavy atom. The fourth-order valence-corrected chi connectivity index (χ4v) is 3.03. The summed E-state index contributed by atoms with van der Waals surface area (Å²) in [5.74, 6) is -3.95. The predicted octanol–water partition coefficient (Wildman–Crippen LogP) is 2.29. The third kappa shape index (κ3) is 6.96. The number of para-hydroxylation sites is 2. The molecule has 1 amide bonds. The molecule has 0 aliphatic rings. The van der Waals surface area contributed by atoms with Crippen molar-refractivity contribution in [2.45, 2.75) is 19.9 Å². The van der Waals surface area contributed by atoms with Crippen molar-refractivity contribution in [2.24, 2.45) is 0 Å². The van der Waals surface area contributed by atoms with Gasteiger partial charge in [-0.05, 0) is 24.3 Å². The van der Waals surface area contributed by atoms with Crippen molar-refractivity contribution < 1.29 is 38.6 Å². The molecule has 0 unspecified atom stereocenters. The molecule has 0 saturated carbocycles. The maximum absolute atomic E-state index is 12.6. The fourth-order valence-electron chi connectivity index (χ4n) is 2.41. The molecular weight excluding hydrogens is 426 g/mol. The minimum atomic E-state index is -1.27. The summed E-state index contributed by atoms with van der Waals surface area (Å²) in [6, 6.07) is 10.2. The highest BCUT2D eigenvalue weighted by Gasteiger charge is 2.25. The number of thioether (sulfide) groups is 1. The Balaban J connectivity index is 2.23. The van der Waals surface area contributed by atoms with E-state index in [9.17, 15) is 29.1 Å². The standard InChI is InChI=1S/C21H19NO8S/c1-12(23)22-16(11-31-13(2)24)21(28)30-18-10-6-4-8-15(18)20(27)29-17-9-5-3-7-14(17)19(25)26/h3-10,16H,11H2,1-2H3,(H,22,23)(H,25,26)/t16-/m1/s1. The monoisotopic (exact) mass is 445 g/mol. The molecule has 0 spiro atoms. The van der Waals surface area contributed by atoms with Crippen LogP contribution in [0.5, 0.6) is 11.5 Å². The number of rotatable bonds is 8. The van der Waals surface area contributed by atoms with Crippen LogP contribution in [-0.2, 0) is 14.4 Å². The molecule has 2 rings (SSSR count). The van der Waals surface area contributed by atoms with Gasteiger partial charge in [0, 0.05) is 19.6 Å². The van der Waals surface area contributed by atoms with E-state index in [-0.39, 0.29) is 33.5 Å². The van der Waals surface area contributed by atoms with Crippen LogP contribution in [0.2, 0.25) is 0 Å². The minimum Gasteiger partial charge on any atom is -0.478 e. The zero-order valence-corrected chi connectivity index (χ0v) is 17.4. The molecule has 0 fully saturated rings. The topological polar surface area (TPSA) is 136 Å². The van der Waals surface area contributed by atoms with Crippen LogP contribution in [0.4, 0.5) is 0 Å². The van der Waals surface area contributed by atoms with Crippen molar-refractivity contribution in [1.82, 2.24) is 5.32 Å². The Kier molecular flexibility index (Phi) is 8.33. The largest absolute Gasteiger partial charge is 0.478 e. The summed E-state index contributed by atoms with van der Waals surface area (Å²) >= 11 is 0.835. The minimum absolute atomic E-state index is 0.0493. The molecule has 0 saturated heterocycles. The van der Waals surface area contributed by atoms with Gasteiger partial charge in [0.15, 0.2) is 5.12 Å². The maximum Gasteiger partial charge on any atom is 0.347 e. The molecule has 0 aliphatic heterocycles. The van der Waals surface area contributed by atoms with Crippen LogP contribution in [0.3, 0.4) is 0 Å². The summed E-state index contributed by atoms with van der Waals surface area (Å²) in [6.45, 7) is 2.53. The first kappa shape index (κ1) is 23.6. The summed E-state index contributed by atoms with van der Waals surface area (Å²) in [5.41, 5.74) is -0.339. The Morgan fingerprint density at radius 3 is 2.00 bits per heavy atom. The number of hydrogen-bond acceptors (Lipinski definition) is 8. The van der Waals surface area contributed by atoms with E-state index in [4.69, 9.17) is 9.47 Å². The van der Waals surface area contributed by atoms with Gasteiger partial charge in [-0.1, -0.05) is 36.0 Å². The highest BCUT2D eigenvalue weighted by molar-refractivity contribution is 8.13. The van der Waals surface area contributed by atoms with Gasteiger partial charge in [-0.15, -0.1) is 0 Å². The van der Waals surface area contributed by atoms with Gasteiger partial charge in [0.25, 0.3) is 0 Å². The average Bonchev–Trinajstić information content (AvgIpc) is 2.71. The SMILES string of the molecule is CC(=O)N[C@H](CSC(C)=O)C(=O)Oc1ccccc1C(=O)Oc1ccccc1C(=O)O. The molecule has 0 radical (unpaired) electrons. The number of carboxylic acids is 1. The fraction of sp³-hybridized carbons (Fsp3) is 0.190. The van der Waals surface area contributed by atoms with Crippen LogP contribution < -0.4 is 14.8 Å². The summed E-state index contributed by atoms with van der Waals surface area (Å²) in [6.07, 6.45) is 0. The Hall–Kier alpha value is -3.66. The van der Waals surface area contributed by atoms with Gasteiger partial charge in [-0.25, -0.2) is 14.4 Å². The van der Waals surface area contributed by atoms with Crippen molar-refractivity contribution in [1.29, 1.82) is 0 Å². The lowest BCUT2D eigenvalue weighted by molar-refractivity contribution is -0.138. The summed E-state index contributed by atoms with van der Waals surface area (Å²) in [5, 5.41) is 11.4. The molecule has 31 heavy (non-hydrogen) atoms. The Labute approximate surface area is 181 Å². The molecule has 2 N–H and O–H groups in total. The number of esters is 2. The molecule has 2 aromatic carbocycles. The molecule has 10 heteroatoms. The zero-order chi connectivity index (χ0) is 23.0. The number of nitrogens with one attached hydrogen (secondary N) is 1. The van der Waals surface area contributed by atoms with Crippen molar-refractivity contribution in [2.75, 3.05) is 5.75 Å². The lowest BCUT2D eigenvalue weighted by Gasteiger charge is -2.17. The first-order valence-electron chi connectivity index (χ1n) is 8.94. The number of amides is 1.